The Bertz CT molecular complexity index is 837. The summed E-state index contributed by atoms with van der Waals surface area (Å²) in [6, 6.07) is 11.8. The molecule has 0 amide bonds. The highest BCUT2D eigenvalue weighted by molar-refractivity contribution is 5.75. The summed E-state index contributed by atoms with van der Waals surface area (Å²) in [6.45, 7) is 6.48. The molecule has 1 aliphatic heterocycles. The molecule has 3 aromatic rings. The monoisotopic (exact) mass is 336 g/mol. The molecule has 2 aromatic heterocycles. The number of aryl methyl sites for hydroxylation is 1. The van der Waals surface area contributed by atoms with Gasteiger partial charge in [-0.25, -0.2) is 0 Å². The Kier molecular flexibility index (Phi) is 4.40. The lowest BCUT2D eigenvalue weighted by Crippen LogP contribution is -2.40. The third kappa shape index (κ3) is 3.51. The topological polar surface area (TPSA) is 54.2 Å². The summed E-state index contributed by atoms with van der Waals surface area (Å²) in [5.41, 5.74) is 4.30. The van der Waals surface area contributed by atoms with Gasteiger partial charge < -0.3 is 9.73 Å². The maximum atomic E-state index is 5.83. The highest BCUT2D eigenvalue weighted by Gasteiger charge is 2.24. The van der Waals surface area contributed by atoms with Crippen LogP contribution < -0.4 is 5.32 Å². The number of nitrogens with zero attached hydrogens (tertiary/aromatic N) is 3. The summed E-state index contributed by atoms with van der Waals surface area (Å²) in [5, 5.41) is 3.47. The maximum absolute atomic E-state index is 5.83. The van der Waals surface area contributed by atoms with Crippen LogP contribution in [0.4, 0.5) is 6.01 Å². The van der Waals surface area contributed by atoms with E-state index in [1.807, 2.05) is 18.5 Å². The van der Waals surface area contributed by atoms with Gasteiger partial charge in [0.05, 0.1) is 0 Å². The Balaban J connectivity index is 1.36. The lowest BCUT2D eigenvalue weighted by atomic mass is 10.0. The number of fused-ring (bicyclic) bond motifs is 1. The number of oxazole rings is 1. The number of hydrogen-bond donors (Lipinski definition) is 1. The van der Waals surface area contributed by atoms with Crippen LogP contribution in [0, 0.1) is 6.92 Å². The Morgan fingerprint density at radius 2 is 1.92 bits per heavy atom. The van der Waals surface area contributed by atoms with E-state index in [-0.39, 0.29) is 0 Å². The first-order chi connectivity index (χ1) is 12.2. The quantitative estimate of drug-likeness (QED) is 0.775. The van der Waals surface area contributed by atoms with Gasteiger partial charge in [-0.05, 0) is 62.1 Å². The number of piperidine rings is 1. The molecule has 1 N–H and O–H groups in total. The molecule has 5 heteroatoms. The minimum atomic E-state index is 0.412. The van der Waals surface area contributed by atoms with Crippen LogP contribution in [0.3, 0.4) is 0 Å². The number of nitrogens with one attached hydrogen (secondary N) is 1. The first kappa shape index (κ1) is 16.1. The molecular weight excluding hydrogens is 312 g/mol. The van der Waals surface area contributed by atoms with Crippen molar-refractivity contribution >= 4 is 17.1 Å². The average Bonchev–Trinajstić information content (AvgIpc) is 3.04. The fourth-order valence-electron chi connectivity index (χ4n) is 3.56. The van der Waals surface area contributed by atoms with E-state index >= 15 is 0 Å². The number of benzene rings is 1. The van der Waals surface area contributed by atoms with Gasteiger partial charge in [0.2, 0.25) is 0 Å². The maximum Gasteiger partial charge on any atom is 0.295 e. The molecule has 5 nitrogen and oxygen atoms in total. The largest absolute Gasteiger partial charge is 0.424 e. The van der Waals surface area contributed by atoms with Crippen LogP contribution in [0.5, 0.6) is 0 Å². The molecule has 0 spiro atoms. The second-order valence-electron chi connectivity index (χ2n) is 6.90. The number of rotatable bonds is 4. The van der Waals surface area contributed by atoms with Gasteiger partial charge in [-0.1, -0.05) is 6.07 Å². The standard InChI is InChI=1S/C20H24N4O/c1-14-3-4-19-18(13-14)23-20(25-19)22-17-7-11-24(12-8-17)15(2)16-5-9-21-10-6-16/h3-6,9-10,13,15,17H,7-8,11-12H2,1-2H3,(H,22,23). The van der Waals surface area contributed by atoms with Crippen molar-refractivity contribution in [3.05, 3.63) is 53.9 Å². The van der Waals surface area contributed by atoms with Crippen molar-refractivity contribution in [3.8, 4) is 0 Å². The summed E-state index contributed by atoms with van der Waals surface area (Å²) in [6.07, 6.45) is 5.92. The van der Waals surface area contributed by atoms with Gasteiger partial charge in [-0.3, -0.25) is 9.88 Å². The van der Waals surface area contributed by atoms with Gasteiger partial charge in [0.1, 0.15) is 5.52 Å². The molecule has 1 saturated heterocycles. The minimum absolute atomic E-state index is 0.412. The van der Waals surface area contributed by atoms with E-state index in [4.69, 9.17) is 4.42 Å². The van der Waals surface area contributed by atoms with Gasteiger partial charge in [-0.2, -0.15) is 4.98 Å². The fourth-order valence-corrected chi connectivity index (χ4v) is 3.56. The first-order valence-corrected chi connectivity index (χ1v) is 8.97. The minimum Gasteiger partial charge on any atom is -0.424 e. The highest BCUT2D eigenvalue weighted by Crippen LogP contribution is 2.26. The smallest absolute Gasteiger partial charge is 0.295 e. The number of pyridine rings is 1. The van der Waals surface area contributed by atoms with Crippen LogP contribution in [0.1, 0.15) is 36.9 Å². The van der Waals surface area contributed by atoms with Crippen LogP contribution in [-0.4, -0.2) is 34.0 Å². The lowest BCUT2D eigenvalue weighted by Gasteiger charge is -2.36. The van der Waals surface area contributed by atoms with Crippen molar-refractivity contribution in [1.82, 2.24) is 14.9 Å². The molecule has 1 unspecified atom stereocenters. The number of hydrogen-bond acceptors (Lipinski definition) is 5. The zero-order valence-electron chi connectivity index (χ0n) is 14.8. The zero-order chi connectivity index (χ0) is 17.2. The Hall–Kier alpha value is -2.40. The molecule has 1 aromatic carbocycles. The van der Waals surface area contributed by atoms with Crippen LogP contribution in [0.2, 0.25) is 0 Å². The van der Waals surface area contributed by atoms with E-state index in [2.05, 4.69) is 58.3 Å². The molecule has 0 bridgehead atoms. The fraction of sp³-hybridized carbons (Fsp3) is 0.400. The van der Waals surface area contributed by atoms with E-state index in [0.717, 1.165) is 37.0 Å². The van der Waals surface area contributed by atoms with Crippen LogP contribution in [0.25, 0.3) is 11.1 Å². The second kappa shape index (κ2) is 6.84. The third-order valence-corrected chi connectivity index (χ3v) is 5.14. The predicted octanol–water partition coefficient (Wildman–Crippen LogP) is 4.17. The summed E-state index contributed by atoms with van der Waals surface area (Å²) >= 11 is 0. The summed E-state index contributed by atoms with van der Waals surface area (Å²) in [5.74, 6) is 0. The summed E-state index contributed by atoms with van der Waals surface area (Å²) in [4.78, 5) is 11.2. The van der Waals surface area contributed by atoms with Gasteiger partial charge in [0.15, 0.2) is 5.58 Å². The van der Waals surface area contributed by atoms with Crippen LogP contribution in [-0.2, 0) is 0 Å². The van der Waals surface area contributed by atoms with Crippen LogP contribution in [0.15, 0.2) is 47.1 Å². The van der Waals surface area contributed by atoms with Gasteiger partial charge >= 0.3 is 0 Å². The number of anilines is 1. The van der Waals surface area contributed by atoms with Crippen molar-refractivity contribution in [2.45, 2.75) is 38.8 Å². The Morgan fingerprint density at radius 3 is 2.68 bits per heavy atom. The van der Waals surface area contributed by atoms with Crippen molar-refractivity contribution in [1.29, 1.82) is 0 Å². The molecule has 0 saturated carbocycles. The van der Waals surface area contributed by atoms with Gasteiger partial charge in [0, 0.05) is 37.6 Å². The molecule has 0 radical (unpaired) electrons. The summed E-state index contributed by atoms with van der Waals surface area (Å²) < 4.78 is 5.83. The van der Waals surface area contributed by atoms with Crippen LogP contribution >= 0.6 is 0 Å². The Labute approximate surface area is 148 Å². The molecule has 3 heterocycles. The predicted molar refractivity (Wildman–Crippen MR) is 99.6 cm³/mol. The highest BCUT2D eigenvalue weighted by atomic mass is 16.4. The molecule has 1 fully saturated rings. The van der Waals surface area contributed by atoms with Crippen molar-refractivity contribution in [2.24, 2.45) is 0 Å². The molecular formula is C20H24N4O. The average molecular weight is 336 g/mol. The van der Waals surface area contributed by atoms with Gasteiger partial charge in [-0.15, -0.1) is 0 Å². The Morgan fingerprint density at radius 1 is 1.16 bits per heavy atom. The molecule has 1 atom stereocenters. The van der Waals surface area contributed by atoms with E-state index in [1.165, 1.54) is 11.1 Å². The zero-order valence-corrected chi connectivity index (χ0v) is 14.8. The number of aromatic nitrogens is 2. The molecule has 1 aliphatic rings. The second-order valence-corrected chi connectivity index (χ2v) is 6.90. The van der Waals surface area contributed by atoms with Crippen molar-refractivity contribution < 1.29 is 4.42 Å². The molecule has 25 heavy (non-hydrogen) atoms. The van der Waals surface area contributed by atoms with E-state index < -0.39 is 0 Å². The van der Waals surface area contributed by atoms with Gasteiger partial charge in [0.25, 0.3) is 6.01 Å². The SMILES string of the molecule is Cc1ccc2oc(NC3CCN(C(C)c4ccncc4)CC3)nc2c1. The lowest BCUT2D eigenvalue weighted by molar-refractivity contribution is 0.167. The third-order valence-electron chi connectivity index (χ3n) is 5.14. The normalized spacial score (nSPS) is 17.7. The molecule has 130 valence electrons. The van der Waals surface area contributed by atoms with Crippen molar-refractivity contribution in [2.75, 3.05) is 18.4 Å². The molecule has 0 aliphatic carbocycles. The first-order valence-electron chi connectivity index (χ1n) is 8.97. The van der Waals surface area contributed by atoms with Crippen molar-refractivity contribution in [3.63, 3.8) is 0 Å². The van der Waals surface area contributed by atoms with E-state index in [9.17, 15) is 0 Å². The van der Waals surface area contributed by atoms with E-state index in [1.54, 1.807) is 0 Å². The summed E-state index contributed by atoms with van der Waals surface area (Å²) in [7, 11) is 0. The molecule has 4 rings (SSSR count). The number of likely N-dealkylation sites (tertiary alicyclic amines) is 1. The van der Waals surface area contributed by atoms with E-state index in [0.29, 0.717) is 18.1 Å².